The number of unbranched alkanes of at least 4 members (excludes halogenated alkanes) is 2. The third-order valence-electron chi connectivity index (χ3n) is 4.25. The molecule has 0 aliphatic rings. The van der Waals surface area contributed by atoms with Gasteiger partial charge in [-0.3, -0.25) is 4.79 Å². The van der Waals surface area contributed by atoms with Crippen LogP contribution in [0.25, 0.3) is 21.5 Å². The molecule has 0 saturated carbocycles. The molecule has 23 heavy (non-hydrogen) atoms. The fourth-order valence-corrected chi connectivity index (χ4v) is 3.04. The first kappa shape index (κ1) is 15.5. The van der Waals surface area contributed by atoms with Gasteiger partial charge in [0.05, 0.1) is 0 Å². The fourth-order valence-electron chi connectivity index (χ4n) is 3.04. The molecular formula is C21H22O2. The lowest BCUT2D eigenvalue weighted by Crippen LogP contribution is -2.08. The normalized spacial score (nSPS) is 11.0. The molecule has 0 radical (unpaired) electrons. The van der Waals surface area contributed by atoms with E-state index < -0.39 is 0 Å². The molecule has 0 N–H and O–H groups in total. The Morgan fingerprint density at radius 2 is 1.78 bits per heavy atom. The number of hydrogen-bond acceptors (Lipinski definition) is 2. The molecule has 0 saturated heterocycles. The van der Waals surface area contributed by atoms with Crippen molar-refractivity contribution in [2.24, 2.45) is 0 Å². The summed E-state index contributed by atoms with van der Waals surface area (Å²) in [7, 11) is 0. The van der Waals surface area contributed by atoms with Crippen molar-refractivity contribution in [3.8, 4) is 5.75 Å². The number of hydrogen-bond donors (Lipinski definition) is 0. The third kappa shape index (κ3) is 3.21. The quantitative estimate of drug-likeness (QED) is 0.258. The summed E-state index contributed by atoms with van der Waals surface area (Å²) in [5.74, 6) is 0.567. The average Bonchev–Trinajstić information content (AvgIpc) is 2.55. The summed E-state index contributed by atoms with van der Waals surface area (Å²) in [5.41, 5.74) is 1.13. The Bertz CT molecular complexity index is 849. The zero-order valence-corrected chi connectivity index (χ0v) is 13.8. The second-order valence-corrected chi connectivity index (χ2v) is 6.03. The van der Waals surface area contributed by atoms with Gasteiger partial charge in [-0.25, -0.2) is 0 Å². The van der Waals surface area contributed by atoms with Gasteiger partial charge < -0.3 is 4.74 Å². The highest BCUT2D eigenvalue weighted by molar-refractivity contribution is 6.07. The average molecular weight is 306 g/mol. The Hall–Kier alpha value is -2.35. The van der Waals surface area contributed by atoms with Crippen LogP contribution < -0.4 is 4.74 Å². The molecule has 0 bridgehead atoms. The van der Waals surface area contributed by atoms with Crippen LogP contribution in [0, 0.1) is 6.92 Å². The number of benzene rings is 3. The predicted octanol–water partition coefficient (Wildman–Crippen LogP) is 5.79. The highest BCUT2D eigenvalue weighted by atomic mass is 16.5. The molecule has 0 aromatic heterocycles. The summed E-state index contributed by atoms with van der Waals surface area (Å²) in [5, 5.41) is 4.25. The fraction of sp³-hybridized carbons (Fsp3) is 0.286. The van der Waals surface area contributed by atoms with Crippen molar-refractivity contribution in [1.29, 1.82) is 0 Å². The van der Waals surface area contributed by atoms with Crippen LogP contribution in [0.15, 0.2) is 48.5 Å². The molecule has 3 aromatic rings. The summed E-state index contributed by atoms with van der Waals surface area (Å²) in [6, 6.07) is 16.4. The molecule has 0 spiro atoms. The van der Waals surface area contributed by atoms with E-state index in [2.05, 4.69) is 38.1 Å². The summed E-state index contributed by atoms with van der Waals surface area (Å²) in [4.78, 5) is 12.3. The number of fused-ring (bicyclic) bond motifs is 2. The first-order valence-corrected chi connectivity index (χ1v) is 8.32. The van der Waals surface area contributed by atoms with Gasteiger partial charge in [0.15, 0.2) is 0 Å². The zero-order chi connectivity index (χ0) is 16.2. The van der Waals surface area contributed by atoms with Gasteiger partial charge >= 0.3 is 5.97 Å². The van der Waals surface area contributed by atoms with E-state index in [-0.39, 0.29) is 5.97 Å². The van der Waals surface area contributed by atoms with Gasteiger partial charge in [-0.05, 0) is 35.7 Å². The van der Waals surface area contributed by atoms with Crippen LogP contribution in [0.2, 0.25) is 0 Å². The summed E-state index contributed by atoms with van der Waals surface area (Å²) in [6.07, 6.45) is 3.52. The standard InChI is InChI=1S/C21H22O2/c1-3-4-5-13-19(22)23-21-18-12-7-6-10-16(18)14-17-11-8-9-15(2)20(17)21/h6-12,14H,3-5,13H2,1-2H3. The SMILES string of the molecule is CCCCCC(=O)Oc1c2ccccc2cc2cccc(C)c12. The Labute approximate surface area is 137 Å². The Balaban J connectivity index is 2.09. The van der Waals surface area contributed by atoms with Gasteiger partial charge in [-0.2, -0.15) is 0 Å². The van der Waals surface area contributed by atoms with Crippen molar-refractivity contribution in [1.82, 2.24) is 0 Å². The molecule has 0 aliphatic heterocycles. The molecule has 0 fully saturated rings. The number of ether oxygens (including phenoxy) is 1. The summed E-state index contributed by atoms with van der Waals surface area (Å²) in [6.45, 7) is 4.19. The lowest BCUT2D eigenvalue weighted by atomic mass is 9.99. The van der Waals surface area contributed by atoms with E-state index in [0.717, 1.165) is 46.4 Å². The number of esters is 1. The minimum absolute atomic E-state index is 0.139. The Kier molecular flexibility index (Phi) is 4.61. The molecule has 0 heterocycles. The number of aryl methyl sites for hydroxylation is 1. The van der Waals surface area contributed by atoms with Gasteiger partial charge in [0, 0.05) is 17.2 Å². The van der Waals surface area contributed by atoms with Crippen molar-refractivity contribution in [2.75, 3.05) is 0 Å². The van der Waals surface area contributed by atoms with Crippen LogP contribution >= 0.6 is 0 Å². The van der Waals surface area contributed by atoms with Crippen molar-refractivity contribution < 1.29 is 9.53 Å². The topological polar surface area (TPSA) is 26.3 Å². The van der Waals surface area contributed by atoms with Gasteiger partial charge in [0.25, 0.3) is 0 Å². The van der Waals surface area contributed by atoms with Crippen molar-refractivity contribution >= 4 is 27.5 Å². The lowest BCUT2D eigenvalue weighted by molar-refractivity contribution is -0.134. The van der Waals surface area contributed by atoms with E-state index in [4.69, 9.17) is 4.74 Å². The molecule has 0 aliphatic carbocycles. The number of carbonyl (C=O) groups is 1. The van der Waals surface area contributed by atoms with Crippen LogP contribution in [-0.2, 0) is 4.79 Å². The maximum Gasteiger partial charge on any atom is 0.311 e. The number of rotatable bonds is 5. The molecule has 3 aromatic carbocycles. The number of carbonyl (C=O) groups excluding carboxylic acids is 1. The maximum atomic E-state index is 12.3. The second kappa shape index (κ2) is 6.82. The highest BCUT2D eigenvalue weighted by Crippen LogP contribution is 2.37. The molecule has 0 amide bonds. The monoisotopic (exact) mass is 306 g/mol. The minimum Gasteiger partial charge on any atom is -0.425 e. The second-order valence-electron chi connectivity index (χ2n) is 6.03. The molecule has 0 unspecified atom stereocenters. The summed E-state index contributed by atoms with van der Waals surface area (Å²) >= 11 is 0. The van der Waals surface area contributed by atoms with Gasteiger partial charge in [0.1, 0.15) is 5.75 Å². The zero-order valence-electron chi connectivity index (χ0n) is 13.8. The first-order chi connectivity index (χ1) is 11.2. The van der Waals surface area contributed by atoms with Gasteiger partial charge in [-0.1, -0.05) is 62.2 Å². The largest absolute Gasteiger partial charge is 0.425 e. The van der Waals surface area contributed by atoms with E-state index in [1.165, 1.54) is 0 Å². The van der Waals surface area contributed by atoms with Crippen LogP contribution in [0.3, 0.4) is 0 Å². The molecule has 0 atom stereocenters. The Morgan fingerprint density at radius 1 is 1.00 bits per heavy atom. The smallest absolute Gasteiger partial charge is 0.311 e. The van der Waals surface area contributed by atoms with E-state index in [1.807, 2.05) is 24.3 Å². The van der Waals surface area contributed by atoms with Crippen LogP contribution in [0.4, 0.5) is 0 Å². The molecule has 118 valence electrons. The van der Waals surface area contributed by atoms with Crippen molar-refractivity contribution in [3.63, 3.8) is 0 Å². The van der Waals surface area contributed by atoms with Crippen LogP contribution in [-0.4, -0.2) is 5.97 Å². The lowest BCUT2D eigenvalue weighted by Gasteiger charge is -2.13. The highest BCUT2D eigenvalue weighted by Gasteiger charge is 2.14. The molecule has 3 rings (SSSR count). The third-order valence-corrected chi connectivity index (χ3v) is 4.25. The van der Waals surface area contributed by atoms with Crippen LogP contribution in [0.5, 0.6) is 5.75 Å². The van der Waals surface area contributed by atoms with E-state index in [9.17, 15) is 4.79 Å². The first-order valence-electron chi connectivity index (χ1n) is 8.32. The molecular weight excluding hydrogens is 284 g/mol. The van der Waals surface area contributed by atoms with Gasteiger partial charge in [0.2, 0.25) is 0 Å². The molecule has 2 nitrogen and oxygen atoms in total. The van der Waals surface area contributed by atoms with Crippen molar-refractivity contribution in [2.45, 2.75) is 39.5 Å². The van der Waals surface area contributed by atoms with E-state index in [0.29, 0.717) is 12.2 Å². The summed E-state index contributed by atoms with van der Waals surface area (Å²) < 4.78 is 5.83. The van der Waals surface area contributed by atoms with E-state index in [1.54, 1.807) is 0 Å². The molecule has 2 heteroatoms. The van der Waals surface area contributed by atoms with E-state index >= 15 is 0 Å². The predicted molar refractivity (Wildman–Crippen MR) is 96.0 cm³/mol. The minimum atomic E-state index is -0.139. The van der Waals surface area contributed by atoms with Crippen molar-refractivity contribution in [3.05, 3.63) is 54.1 Å². The Morgan fingerprint density at radius 3 is 2.61 bits per heavy atom. The van der Waals surface area contributed by atoms with Gasteiger partial charge in [-0.15, -0.1) is 0 Å². The maximum absolute atomic E-state index is 12.3. The van der Waals surface area contributed by atoms with Crippen LogP contribution in [0.1, 0.15) is 38.2 Å².